The van der Waals surface area contributed by atoms with E-state index in [4.69, 9.17) is 11.6 Å². The van der Waals surface area contributed by atoms with Gasteiger partial charge in [-0.3, -0.25) is 4.79 Å². The van der Waals surface area contributed by atoms with Gasteiger partial charge >= 0.3 is 0 Å². The quantitative estimate of drug-likeness (QED) is 0.498. The lowest BCUT2D eigenvalue weighted by molar-refractivity contribution is -0.121. The number of carbonyl (C=O) groups is 1. The van der Waals surface area contributed by atoms with E-state index < -0.39 is 10.0 Å². The third kappa shape index (κ3) is 6.88. The van der Waals surface area contributed by atoms with E-state index in [0.717, 1.165) is 29.3 Å². The SMILES string of the molecule is CCCCCNC(=O)CN(Cc1ccc(Cl)cc1)S(=O)(=O)c1ccc(Br)cc1. The van der Waals surface area contributed by atoms with Crippen molar-refractivity contribution in [3.8, 4) is 0 Å². The summed E-state index contributed by atoms with van der Waals surface area (Å²) in [6.45, 7) is 2.46. The van der Waals surface area contributed by atoms with Gasteiger partial charge in [0.15, 0.2) is 0 Å². The smallest absolute Gasteiger partial charge is 0.243 e. The molecule has 0 saturated heterocycles. The molecule has 2 rings (SSSR count). The Morgan fingerprint density at radius 3 is 2.32 bits per heavy atom. The number of rotatable bonds is 10. The molecule has 2 aromatic rings. The Balaban J connectivity index is 2.20. The predicted octanol–water partition coefficient (Wildman–Crippen LogP) is 4.60. The molecule has 8 heteroatoms. The van der Waals surface area contributed by atoms with Gasteiger partial charge in [0.25, 0.3) is 0 Å². The van der Waals surface area contributed by atoms with Crippen molar-refractivity contribution in [1.82, 2.24) is 9.62 Å². The van der Waals surface area contributed by atoms with Crippen LogP contribution < -0.4 is 5.32 Å². The monoisotopic (exact) mass is 486 g/mol. The molecule has 152 valence electrons. The summed E-state index contributed by atoms with van der Waals surface area (Å²) in [4.78, 5) is 12.5. The number of carbonyl (C=O) groups excluding carboxylic acids is 1. The molecule has 0 aliphatic rings. The number of hydrogen-bond donors (Lipinski definition) is 1. The van der Waals surface area contributed by atoms with Crippen molar-refractivity contribution >= 4 is 43.5 Å². The number of amides is 1. The van der Waals surface area contributed by atoms with E-state index in [2.05, 4.69) is 28.2 Å². The molecule has 2 aromatic carbocycles. The lowest BCUT2D eigenvalue weighted by Gasteiger charge is -2.22. The molecule has 0 fully saturated rings. The molecule has 0 heterocycles. The first-order valence-corrected chi connectivity index (χ1v) is 11.7. The molecule has 0 atom stereocenters. The van der Waals surface area contributed by atoms with E-state index in [1.165, 1.54) is 16.4 Å². The first-order chi connectivity index (χ1) is 13.3. The van der Waals surface area contributed by atoms with Gasteiger partial charge in [-0.05, 0) is 48.4 Å². The van der Waals surface area contributed by atoms with Gasteiger partial charge < -0.3 is 5.32 Å². The summed E-state index contributed by atoms with van der Waals surface area (Å²) in [6, 6.07) is 13.3. The minimum atomic E-state index is -3.84. The van der Waals surface area contributed by atoms with Crippen molar-refractivity contribution in [2.24, 2.45) is 0 Å². The largest absolute Gasteiger partial charge is 0.355 e. The highest BCUT2D eigenvalue weighted by Crippen LogP contribution is 2.21. The van der Waals surface area contributed by atoms with Crippen LogP contribution in [0, 0.1) is 0 Å². The Kier molecular flexibility index (Phi) is 8.95. The Morgan fingerprint density at radius 2 is 1.71 bits per heavy atom. The average Bonchev–Trinajstić information content (AvgIpc) is 2.67. The molecule has 0 unspecified atom stereocenters. The zero-order valence-electron chi connectivity index (χ0n) is 15.7. The first kappa shape index (κ1) is 22.9. The maximum atomic E-state index is 13.1. The second-order valence-electron chi connectivity index (χ2n) is 6.41. The third-order valence-electron chi connectivity index (χ3n) is 4.15. The summed E-state index contributed by atoms with van der Waals surface area (Å²) in [5.41, 5.74) is 0.754. The predicted molar refractivity (Wildman–Crippen MR) is 116 cm³/mol. The van der Waals surface area contributed by atoms with Gasteiger partial charge in [0, 0.05) is 22.6 Å². The fraction of sp³-hybridized carbons (Fsp3) is 0.350. The molecule has 0 aromatic heterocycles. The normalized spacial score (nSPS) is 11.6. The van der Waals surface area contributed by atoms with Crippen molar-refractivity contribution in [3.63, 3.8) is 0 Å². The van der Waals surface area contributed by atoms with Crippen LogP contribution in [0.25, 0.3) is 0 Å². The molecular weight excluding hydrogens is 464 g/mol. The number of benzene rings is 2. The Hall–Kier alpha value is -1.41. The van der Waals surface area contributed by atoms with Crippen LogP contribution in [0.1, 0.15) is 31.7 Å². The van der Waals surface area contributed by atoms with Crippen molar-refractivity contribution < 1.29 is 13.2 Å². The molecular formula is C20H24BrClN2O3S. The summed E-state index contributed by atoms with van der Waals surface area (Å²) in [7, 11) is -3.84. The number of sulfonamides is 1. The van der Waals surface area contributed by atoms with Crippen LogP contribution in [0.5, 0.6) is 0 Å². The molecule has 0 bridgehead atoms. The van der Waals surface area contributed by atoms with E-state index in [9.17, 15) is 13.2 Å². The van der Waals surface area contributed by atoms with E-state index in [1.54, 1.807) is 36.4 Å². The standard InChI is InChI=1S/C20H24BrClN2O3S/c1-2-3-4-13-23-20(25)15-24(14-16-5-9-18(22)10-6-16)28(26,27)19-11-7-17(21)8-12-19/h5-12H,2-4,13-15H2,1H3,(H,23,25). The third-order valence-corrected chi connectivity index (χ3v) is 6.73. The van der Waals surface area contributed by atoms with Gasteiger partial charge in [-0.1, -0.05) is 59.4 Å². The summed E-state index contributed by atoms with van der Waals surface area (Å²) in [6.07, 6.45) is 2.95. The minimum absolute atomic E-state index is 0.0813. The summed E-state index contributed by atoms with van der Waals surface area (Å²) in [5, 5.41) is 3.37. The molecule has 1 amide bonds. The molecule has 28 heavy (non-hydrogen) atoms. The molecule has 0 aliphatic carbocycles. The summed E-state index contributed by atoms with van der Waals surface area (Å²) < 4.78 is 28.2. The zero-order chi connectivity index (χ0) is 20.6. The maximum Gasteiger partial charge on any atom is 0.243 e. The number of hydrogen-bond acceptors (Lipinski definition) is 3. The van der Waals surface area contributed by atoms with Crippen LogP contribution in [0.15, 0.2) is 57.9 Å². The van der Waals surface area contributed by atoms with Gasteiger partial charge in [0.2, 0.25) is 15.9 Å². The lowest BCUT2D eigenvalue weighted by Crippen LogP contribution is -2.40. The number of nitrogens with zero attached hydrogens (tertiary/aromatic N) is 1. The van der Waals surface area contributed by atoms with Crippen LogP contribution in [0.2, 0.25) is 5.02 Å². The van der Waals surface area contributed by atoms with E-state index in [-0.39, 0.29) is 23.9 Å². The van der Waals surface area contributed by atoms with Crippen molar-refractivity contribution in [2.75, 3.05) is 13.1 Å². The molecule has 0 spiro atoms. The average molecular weight is 488 g/mol. The van der Waals surface area contributed by atoms with Gasteiger partial charge in [-0.25, -0.2) is 8.42 Å². The van der Waals surface area contributed by atoms with Gasteiger partial charge in [-0.2, -0.15) is 4.31 Å². The van der Waals surface area contributed by atoms with E-state index in [0.29, 0.717) is 11.6 Å². The first-order valence-electron chi connectivity index (χ1n) is 9.10. The fourth-order valence-electron chi connectivity index (χ4n) is 2.59. The molecule has 0 aliphatic heterocycles. The summed E-state index contributed by atoms with van der Waals surface area (Å²) >= 11 is 9.22. The van der Waals surface area contributed by atoms with Crippen LogP contribution in [-0.2, 0) is 21.4 Å². The lowest BCUT2D eigenvalue weighted by atomic mass is 10.2. The Morgan fingerprint density at radius 1 is 1.07 bits per heavy atom. The van der Waals surface area contributed by atoms with Crippen LogP contribution in [0.4, 0.5) is 0 Å². The number of nitrogens with one attached hydrogen (secondary N) is 1. The van der Waals surface area contributed by atoms with Crippen LogP contribution in [0.3, 0.4) is 0 Å². The highest BCUT2D eigenvalue weighted by Gasteiger charge is 2.26. The molecule has 0 radical (unpaired) electrons. The fourth-order valence-corrected chi connectivity index (χ4v) is 4.37. The highest BCUT2D eigenvalue weighted by atomic mass is 79.9. The van der Waals surface area contributed by atoms with E-state index in [1.807, 2.05) is 0 Å². The summed E-state index contributed by atoms with van der Waals surface area (Å²) in [5.74, 6) is -0.314. The highest BCUT2D eigenvalue weighted by molar-refractivity contribution is 9.10. The Bertz CT molecular complexity index is 871. The topological polar surface area (TPSA) is 66.5 Å². The number of unbranched alkanes of at least 4 members (excludes halogenated alkanes) is 2. The van der Waals surface area contributed by atoms with Gasteiger partial charge in [0.05, 0.1) is 11.4 Å². The molecule has 5 nitrogen and oxygen atoms in total. The van der Waals surface area contributed by atoms with E-state index >= 15 is 0 Å². The second kappa shape index (κ2) is 11.0. The van der Waals surface area contributed by atoms with Gasteiger partial charge in [0.1, 0.15) is 0 Å². The van der Waals surface area contributed by atoms with Crippen LogP contribution >= 0.6 is 27.5 Å². The Labute approximate surface area is 180 Å². The zero-order valence-corrected chi connectivity index (χ0v) is 18.9. The molecule has 0 saturated carbocycles. The van der Waals surface area contributed by atoms with Crippen molar-refractivity contribution in [3.05, 3.63) is 63.6 Å². The van der Waals surface area contributed by atoms with Gasteiger partial charge in [-0.15, -0.1) is 0 Å². The second-order valence-corrected chi connectivity index (χ2v) is 9.70. The van der Waals surface area contributed by atoms with Crippen molar-refractivity contribution in [2.45, 2.75) is 37.6 Å². The number of halogens is 2. The minimum Gasteiger partial charge on any atom is -0.355 e. The maximum absolute atomic E-state index is 13.1. The van der Waals surface area contributed by atoms with Crippen LogP contribution in [-0.4, -0.2) is 31.7 Å². The molecule has 1 N–H and O–H groups in total. The van der Waals surface area contributed by atoms with Crippen molar-refractivity contribution in [1.29, 1.82) is 0 Å².